The monoisotopic (exact) mass is 373 g/mol. The van der Waals surface area contributed by atoms with E-state index in [0.29, 0.717) is 19.4 Å². The molecule has 0 radical (unpaired) electrons. The van der Waals surface area contributed by atoms with Gasteiger partial charge in [-0.25, -0.2) is 4.79 Å². The Labute approximate surface area is 159 Å². The fraction of sp³-hybridized carbons (Fsp3) is 0.429. The molecule has 1 aromatic carbocycles. The molecule has 146 valence electrons. The van der Waals surface area contributed by atoms with E-state index >= 15 is 0 Å². The van der Waals surface area contributed by atoms with Crippen LogP contribution in [0.1, 0.15) is 24.8 Å². The van der Waals surface area contributed by atoms with E-state index < -0.39 is 12.1 Å². The normalized spacial score (nSPS) is 19.1. The highest BCUT2D eigenvalue weighted by Gasteiger charge is 2.25. The summed E-state index contributed by atoms with van der Waals surface area (Å²) in [5.41, 5.74) is 1.07. The average Bonchev–Trinajstić information content (AvgIpc) is 2.65. The molecule has 0 bridgehead atoms. The van der Waals surface area contributed by atoms with Crippen LogP contribution >= 0.6 is 0 Å². The SMILES string of the molecule is O=C(O)COC/C=C\CN1C(=O)CCC[C@@H]1/C=C/C(O)Cc1ccccc1. The Bertz CT molecular complexity index is 656. The minimum Gasteiger partial charge on any atom is -0.480 e. The summed E-state index contributed by atoms with van der Waals surface area (Å²) in [5.74, 6) is -0.918. The Morgan fingerprint density at radius 3 is 2.81 bits per heavy atom. The fourth-order valence-corrected chi connectivity index (χ4v) is 3.03. The molecule has 0 aliphatic carbocycles. The van der Waals surface area contributed by atoms with Gasteiger partial charge in [0.05, 0.1) is 18.8 Å². The van der Waals surface area contributed by atoms with Crippen molar-refractivity contribution in [2.75, 3.05) is 19.8 Å². The van der Waals surface area contributed by atoms with Crippen molar-refractivity contribution >= 4 is 11.9 Å². The predicted octanol–water partition coefficient (Wildman–Crippen LogP) is 2.18. The van der Waals surface area contributed by atoms with E-state index in [1.807, 2.05) is 42.5 Å². The van der Waals surface area contributed by atoms with Gasteiger partial charge in [-0.1, -0.05) is 54.6 Å². The van der Waals surface area contributed by atoms with Crippen LogP contribution in [0.3, 0.4) is 0 Å². The number of hydrogen-bond donors (Lipinski definition) is 2. The number of carboxylic acid groups (broad SMARTS) is 1. The van der Waals surface area contributed by atoms with E-state index in [0.717, 1.165) is 18.4 Å². The van der Waals surface area contributed by atoms with Crippen molar-refractivity contribution in [1.29, 1.82) is 0 Å². The first kappa shape index (κ1) is 20.9. The molecule has 2 atom stereocenters. The van der Waals surface area contributed by atoms with E-state index in [1.165, 1.54) is 0 Å². The zero-order valence-electron chi connectivity index (χ0n) is 15.4. The van der Waals surface area contributed by atoms with E-state index in [4.69, 9.17) is 9.84 Å². The number of aliphatic hydroxyl groups is 1. The molecule has 1 amide bonds. The van der Waals surface area contributed by atoms with Crippen molar-refractivity contribution in [3.8, 4) is 0 Å². The van der Waals surface area contributed by atoms with Crippen molar-refractivity contribution in [3.05, 3.63) is 60.2 Å². The fourth-order valence-electron chi connectivity index (χ4n) is 3.03. The summed E-state index contributed by atoms with van der Waals surface area (Å²) in [6.45, 7) is 0.307. The van der Waals surface area contributed by atoms with Gasteiger partial charge in [0.1, 0.15) is 6.61 Å². The standard InChI is InChI=1S/C21H27NO5/c23-19(15-17-7-2-1-3-8-17)12-11-18-9-6-10-20(24)22(18)13-4-5-14-27-16-21(25)26/h1-5,7-8,11-12,18-19,23H,6,9-10,13-16H2,(H,25,26)/b5-4-,12-11+/t18-,19?/m1/s1. The van der Waals surface area contributed by atoms with Crippen LogP contribution < -0.4 is 0 Å². The third-order valence-electron chi connectivity index (χ3n) is 4.36. The first-order valence-corrected chi connectivity index (χ1v) is 9.20. The Kier molecular flexibility index (Phi) is 8.74. The van der Waals surface area contributed by atoms with Crippen molar-refractivity contribution in [2.24, 2.45) is 0 Å². The molecule has 1 aliphatic rings. The Balaban J connectivity index is 1.85. The molecule has 6 nitrogen and oxygen atoms in total. The molecule has 6 heteroatoms. The van der Waals surface area contributed by atoms with Crippen LogP contribution in [0.25, 0.3) is 0 Å². The second-order valence-electron chi connectivity index (χ2n) is 6.53. The van der Waals surface area contributed by atoms with Gasteiger partial charge in [-0.3, -0.25) is 4.79 Å². The summed E-state index contributed by atoms with van der Waals surface area (Å²) < 4.78 is 4.94. The first-order valence-electron chi connectivity index (χ1n) is 9.20. The van der Waals surface area contributed by atoms with Crippen molar-refractivity contribution in [1.82, 2.24) is 4.90 Å². The lowest BCUT2D eigenvalue weighted by Gasteiger charge is -2.33. The van der Waals surface area contributed by atoms with Crippen LogP contribution in [0, 0.1) is 0 Å². The lowest BCUT2D eigenvalue weighted by Crippen LogP contribution is -2.42. The maximum Gasteiger partial charge on any atom is 0.329 e. The summed E-state index contributed by atoms with van der Waals surface area (Å²) in [6, 6.07) is 9.74. The van der Waals surface area contributed by atoms with Gasteiger partial charge in [-0.2, -0.15) is 0 Å². The number of piperidine rings is 1. The average molecular weight is 373 g/mol. The van der Waals surface area contributed by atoms with Crippen LogP contribution in [0.4, 0.5) is 0 Å². The van der Waals surface area contributed by atoms with Crippen molar-refractivity contribution in [2.45, 2.75) is 37.8 Å². The molecule has 1 heterocycles. The number of benzene rings is 1. The van der Waals surface area contributed by atoms with E-state index in [1.54, 1.807) is 17.1 Å². The minimum atomic E-state index is -1.01. The number of hydrogen-bond acceptors (Lipinski definition) is 4. The van der Waals surface area contributed by atoms with Crippen LogP contribution in [-0.2, 0) is 20.7 Å². The number of ether oxygens (including phenoxy) is 1. The van der Waals surface area contributed by atoms with Crippen LogP contribution in [0.2, 0.25) is 0 Å². The van der Waals surface area contributed by atoms with Gasteiger partial charge in [0.2, 0.25) is 5.91 Å². The summed E-state index contributed by atoms with van der Waals surface area (Å²) in [4.78, 5) is 24.4. The molecule has 0 spiro atoms. The molecule has 1 aliphatic heterocycles. The number of aliphatic hydroxyl groups excluding tert-OH is 1. The van der Waals surface area contributed by atoms with Gasteiger partial charge in [-0.15, -0.1) is 0 Å². The second-order valence-corrected chi connectivity index (χ2v) is 6.53. The largest absolute Gasteiger partial charge is 0.480 e. The highest BCUT2D eigenvalue weighted by molar-refractivity contribution is 5.77. The summed E-state index contributed by atoms with van der Waals surface area (Å²) in [5, 5.41) is 18.7. The van der Waals surface area contributed by atoms with Gasteiger partial charge in [-0.05, 0) is 18.4 Å². The molecule has 1 saturated heterocycles. The molecule has 2 rings (SSSR count). The lowest BCUT2D eigenvalue weighted by molar-refractivity contribution is -0.141. The Hall–Kier alpha value is -2.44. The topological polar surface area (TPSA) is 87.1 Å². The van der Waals surface area contributed by atoms with Crippen molar-refractivity contribution < 1.29 is 24.5 Å². The third-order valence-corrected chi connectivity index (χ3v) is 4.36. The van der Waals surface area contributed by atoms with Gasteiger partial charge in [0, 0.05) is 19.4 Å². The zero-order chi connectivity index (χ0) is 19.5. The van der Waals surface area contributed by atoms with Crippen LogP contribution in [0.5, 0.6) is 0 Å². The number of carbonyl (C=O) groups excluding carboxylic acids is 1. The van der Waals surface area contributed by atoms with Gasteiger partial charge >= 0.3 is 5.97 Å². The van der Waals surface area contributed by atoms with Gasteiger partial charge < -0.3 is 19.8 Å². The summed E-state index contributed by atoms with van der Waals surface area (Å²) in [6.07, 6.45) is 9.39. The number of carboxylic acids is 1. The number of likely N-dealkylation sites (tertiary alicyclic amines) is 1. The highest BCUT2D eigenvalue weighted by atomic mass is 16.5. The number of carbonyl (C=O) groups is 2. The lowest BCUT2D eigenvalue weighted by atomic mass is 9.99. The number of amides is 1. The van der Waals surface area contributed by atoms with E-state index in [-0.39, 0.29) is 25.2 Å². The molecule has 27 heavy (non-hydrogen) atoms. The van der Waals surface area contributed by atoms with Crippen LogP contribution in [0.15, 0.2) is 54.6 Å². The third kappa shape index (κ3) is 7.76. The van der Waals surface area contributed by atoms with E-state index in [2.05, 4.69) is 0 Å². The molecular formula is C21H27NO5. The number of rotatable bonds is 10. The second kappa shape index (κ2) is 11.3. The number of nitrogens with zero attached hydrogens (tertiary/aromatic N) is 1. The highest BCUT2D eigenvalue weighted by Crippen LogP contribution is 2.19. The van der Waals surface area contributed by atoms with E-state index in [9.17, 15) is 14.7 Å². The Morgan fingerprint density at radius 1 is 1.30 bits per heavy atom. The molecule has 1 unspecified atom stereocenters. The Morgan fingerprint density at radius 2 is 2.07 bits per heavy atom. The van der Waals surface area contributed by atoms with Gasteiger partial charge in [0.25, 0.3) is 0 Å². The van der Waals surface area contributed by atoms with Gasteiger partial charge in [0.15, 0.2) is 0 Å². The molecule has 2 N–H and O–H groups in total. The summed E-state index contributed by atoms with van der Waals surface area (Å²) >= 11 is 0. The molecule has 0 aromatic heterocycles. The van der Waals surface area contributed by atoms with Crippen molar-refractivity contribution in [3.63, 3.8) is 0 Å². The zero-order valence-corrected chi connectivity index (χ0v) is 15.4. The molecule has 1 fully saturated rings. The quantitative estimate of drug-likeness (QED) is 0.485. The molecule has 0 saturated carbocycles. The minimum absolute atomic E-state index is 0.0405. The summed E-state index contributed by atoms with van der Waals surface area (Å²) in [7, 11) is 0. The smallest absolute Gasteiger partial charge is 0.329 e. The maximum absolute atomic E-state index is 12.2. The molecule has 1 aromatic rings. The first-order chi connectivity index (χ1) is 13.1. The predicted molar refractivity (Wildman–Crippen MR) is 102 cm³/mol. The van der Waals surface area contributed by atoms with Crippen LogP contribution in [-0.4, -0.2) is 58.9 Å². The molecular weight excluding hydrogens is 346 g/mol. The number of aliphatic carboxylic acids is 1. The maximum atomic E-state index is 12.2.